The van der Waals surface area contributed by atoms with E-state index in [1.165, 1.54) is 0 Å². The number of ether oxygens (including phenoxy) is 2. The van der Waals surface area contributed by atoms with E-state index in [-0.39, 0.29) is 6.61 Å². The van der Waals surface area contributed by atoms with E-state index >= 15 is 0 Å². The molecule has 0 aliphatic heterocycles. The second-order valence-corrected chi connectivity index (χ2v) is 6.76. The summed E-state index contributed by atoms with van der Waals surface area (Å²) in [6.07, 6.45) is 0. The Morgan fingerprint density at radius 1 is 1.04 bits per heavy atom. The maximum Gasteiger partial charge on any atom is 0.162 e. The van der Waals surface area contributed by atoms with Crippen LogP contribution in [0.2, 0.25) is 10.0 Å². The van der Waals surface area contributed by atoms with E-state index in [2.05, 4.69) is 28.2 Å². The SMILES string of the molecule is CCNCc1cc(OCC)c(OCc2c(Cl)cccc2Cl)cc1Br. The van der Waals surface area contributed by atoms with Crippen molar-refractivity contribution in [3.05, 3.63) is 56.0 Å². The van der Waals surface area contributed by atoms with Crippen molar-refractivity contribution in [1.82, 2.24) is 5.32 Å². The Kier molecular flexibility index (Phi) is 7.69. The number of halogens is 3. The molecule has 0 bridgehead atoms. The van der Waals surface area contributed by atoms with Crippen LogP contribution in [0.1, 0.15) is 25.0 Å². The third-order valence-electron chi connectivity index (χ3n) is 3.41. The van der Waals surface area contributed by atoms with Crippen LogP contribution in [0.5, 0.6) is 11.5 Å². The molecule has 24 heavy (non-hydrogen) atoms. The molecule has 0 fully saturated rings. The van der Waals surface area contributed by atoms with Crippen LogP contribution in [0.3, 0.4) is 0 Å². The predicted molar refractivity (Wildman–Crippen MR) is 103 cm³/mol. The van der Waals surface area contributed by atoms with Gasteiger partial charge in [-0.25, -0.2) is 0 Å². The molecular weight excluding hydrogens is 413 g/mol. The van der Waals surface area contributed by atoms with Crippen molar-refractivity contribution in [1.29, 1.82) is 0 Å². The van der Waals surface area contributed by atoms with Crippen molar-refractivity contribution in [2.45, 2.75) is 27.0 Å². The van der Waals surface area contributed by atoms with Gasteiger partial charge < -0.3 is 14.8 Å². The molecule has 2 rings (SSSR count). The van der Waals surface area contributed by atoms with Crippen LogP contribution < -0.4 is 14.8 Å². The molecule has 0 heterocycles. The van der Waals surface area contributed by atoms with Crippen LogP contribution in [-0.4, -0.2) is 13.2 Å². The van der Waals surface area contributed by atoms with E-state index in [4.69, 9.17) is 32.7 Å². The molecule has 130 valence electrons. The van der Waals surface area contributed by atoms with Gasteiger partial charge in [0, 0.05) is 26.6 Å². The molecule has 0 saturated carbocycles. The summed E-state index contributed by atoms with van der Waals surface area (Å²) >= 11 is 16.0. The van der Waals surface area contributed by atoms with Crippen LogP contribution in [0.25, 0.3) is 0 Å². The largest absolute Gasteiger partial charge is 0.490 e. The summed E-state index contributed by atoms with van der Waals surface area (Å²) in [6.45, 7) is 6.51. The Morgan fingerprint density at radius 2 is 1.71 bits per heavy atom. The zero-order valence-electron chi connectivity index (χ0n) is 13.7. The lowest BCUT2D eigenvalue weighted by atomic mass is 10.2. The molecule has 1 N–H and O–H groups in total. The molecule has 0 atom stereocenters. The molecule has 0 spiro atoms. The Morgan fingerprint density at radius 3 is 2.33 bits per heavy atom. The fourth-order valence-electron chi connectivity index (χ4n) is 2.17. The summed E-state index contributed by atoms with van der Waals surface area (Å²) in [6, 6.07) is 9.31. The Hall–Kier alpha value is -0.940. The van der Waals surface area contributed by atoms with Gasteiger partial charge in [-0.3, -0.25) is 0 Å². The number of hydrogen-bond acceptors (Lipinski definition) is 3. The summed E-state index contributed by atoms with van der Waals surface area (Å²) in [5.74, 6) is 1.36. The highest BCUT2D eigenvalue weighted by Crippen LogP contribution is 2.35. The van der Waals surface area contributed by atoms with E-state index < -0.39 is 0 Å². The van der Waals surface area contributed by atoms with Gasteiger partial charge in [0.15, 0.2) is 11.5 Å². The minimum atomic E-state index is 0.275. The highest BCUT2D eigenvalue weighted by atomic mass is 79.9. The summed E-state index contributed by atoms with van der Waals surface area (Å²) in [4.78, 5) is 0. The fraction of sp³-hybridized carbons (Fsp3) is 0.333. The summed E-state index contributed by atoms with van der Waals surface area (Å²) in [5.41, 5.74) is 1.87. The first-order chi connectivity index (χ1) is 11.6. The standard InChI is InChI=1S/C18H20BrCl2NO2/c1-3-22-10-12-8-17(23-4-2)18(9-14(12)19)24-11-13-15(20)6-5-7-16(13)21/h5-9,22H,3-4,10-11H2,1-2H3. The van der Waals surface area contributed by atoms with Crippen LogP contribution in [0.4, 0.5) is 0 Å². The van der Waals surface area contributed by atoms with Crippen LogP contribution in [-0.2, 0) is 13.2 Å². The van der Waals surface area contributed by atoms with Crippen molar-refractivity contribution in [3.63, 3.8) is 0 Å². The maximum atomic E-state index is 6.20. The molecule has 0 radical (unpaired) electrons. The van der Waals surface area contributed by atoms with Crippen molar-refractivity contribution in [2.24, 2.45) is 0 Å². The fourth-order valence-corrected chi connectivity index (χ4v) is 3.14. The van der Waals surface area contributed by atoms with Gasteiger partial charge in [-0.2, -0.15) is 0 Å². The first-order valence-corrected chi connectivity index (χ1v) is 9.33. The van der Waals surface area contributed by atoms with E-state index in [1.807, 2.05) is 25.1 Å². The van der Waals surface area contributed by atoms with Crippen LogP contribution >= 0.6 is 39.1 Å². The van der Waals surface area contributed by atoms with Crippen molar-refractivity contribution >= 4 is 39.1 Å². The second-order valence-electron chi connectivity index (χ2n) is 5.09. The third kappa shape index (κ3) is 5.03. The smallest absolute Gasteiger partial charge is 0.162 e. The lowest BCUT2D eigenvalue weighted by Crippen LogP contribution is -2.12. The average molecular weight is 433 g/mol. The summed E-state index contributed by atoms with van der Waals surface area (Å²) < 4.78 is 12.6. The second kappa shape index (κ2) is 9.52. The monoisotopic (exact) mass is 431 g/mol. The van der Waals surface area contributed by atoms with Crippen molar-refractivity contribution in [2.75, 3.05) is 13.2 Å². The topological polar surface area (TPSA) is 30.5 Å². The number of benzene rings is 2. The zero-order chi connectivity index (χ0) is 17.5. The first kappa shape index (κ1) is 19.4. The highest BCUT2D eigenvalue weighted by Gasteiger charge is 2.13. The van der Waals surface area contributed by atoms with E-state index in [9.17, 15) is 0 Å². The molecule has 0 aliphatic carbocycles. The average Bonchev–Trinajstić information content (AvgIpc) is 2.55. The lowest BCUT2D eigenvalue weighted by Gasteiger charge is -2.16. The van der Waals surface area contributed by atoms with Gasteiger partial charge in [0.2, 0.25) is 0 Å². The summed E-state index contributed by atoms with van der Waals surface area (Å²) in [7, 11) is 0. The number of hydrogen-bond donors (Lipinski definition) is 1. The van der Waals surface area contributed by atoms with E-state index in [0.29, 0.717) is 28.2 Å². The number of nitrogens with one attached hydrogen (secondary N) is 1. The zero-order valence-corrected chi connectivity index (χ0v) is 16.8. The van der Waals surface area contributed by atoms with Crippen LogP contribution in [0.15, 0.2) is 34.8 Å². The van der Waals surface area contributed by atoms with E-state index in [0.717, 1.165) is 28.7 Å². The molecule has 2 aromatic carbocycles. The minimum Gasteiger partial charge on any atom is -0.490 e. The molecule has 2 aromatic rings. The van der Waals surface area contributed by atoms with Gasteiger partial charge in [0.25, 0.3) is 0 Å². The van der Waals surface area contributed by atoms with Crippen molar-refractivity contribution < 1.29 is 9.47 Å². The molecule has 0 aromatic heterocycles. The normalized spacial score (nSPS) is 10.7. The Bertz CT molecular complexity index is 675. The van der Waals surface area contributed by atoms with Gasteiger partial charge in [0.05, 0.1) is 6.61 Å². The molecule has 3 nitrogen and oxygen atoms in total. The number of rotatable bonds is 8. The molecule has 0 amide bonds. The van der Waals surface area contributed by atoms with Crippen molar-refractivity contribution in [3.8, 4) is 11.5 Å². The molecule has 0 saturated heterocycles. The van der Waals surface area contributed by atoms with Crippen LogP contribution in [0, 0.1) is 0 Å². The molecule has 0 unspecified atom stereocenters. The van der Waals surface area contributed by atoms with Gasteiger partial charge in [-0.05, 0) is 43.3 Å². The molecule has 0 aliphatic rings. The molecular formula is C18H20BrCl2NO2. The Balaban J connectivity index is 2.23. The first-order valence-electron chi connectivity index (χ1n) is 7.78. The maximum absolute atomic E-state index is 6.20. The Labute approximate surface area is 161 Å². The van der Waals surface area contributed by atoms with Gasteiger partial charge in [-0.15, -0.1) is 0 Å². The highest BCUT2D eigenvalue weighted by molar-refractivity contribution is 9.10. The third-order valence-corrected chi connectivity index (χ3v) is 4.86. The quantitative estimate of drug-likeness (QED) is 0.567. The van der Waals surface area contributed by atoms with Gasteiger partial charge in [-0.1, -0.05) is 52.1 Å². The summed E-state index contributed by atoms with van der Waals surface area (Å²) in [5, 5.41) is 4.48. The molecule has 6 heteroatoms. The van der Waals surface area contributed by atoms with E-state index in [1.54, 1.807) is 12.1 Å². The van der Waals surface area contributed by atoms with Gasteiger partial charge in [0.1, 0.15) is 6.61 Å². The minimum absolute atomic E-state index is 0.275. The predicted octanol–water partition coefficient (Wildman–Crippen LogP) is 5.84. The lowest BCUT2D eigenvalue weighted by molar-refractivity contribution is 0.269. The van der Waals surface area contributed by atoms with Gasteiger partial charge >= 0.3 is 0 Å².